The van der Waals surface area contributed by atoms with E-state index in [-0.39, 0.29) is 35.6 Å². The minimum absolute atomic E-state index is 0.0386. The first-order valence-electron chi connectivity index (χ1n) is 11.1. The quantitative estimate of drug-likeness (QED) is 0.536. The molecule has 1 amide bonds. The third kappa shape index (κ3) is 4.12. The molecule has 5 rings (SSSR count). The molecule has 1 aromatic heterocycles. The molecule has 1 N–H and O–H groups in total. The van der Waals surface area contributed by atoms with Gasteiger partial charge in [0.2, 0.25) is 5.95 Å². The van der Waals surface area contributed by atoms with Crippen LogP contribution in [0.2, 0.25) is 0 Å². The molecule has 1 fully saturated rings. The molecular formula is C25H22F4N4O2. The summed E-state index contributed by atoms with van der Waals surface area (Å²) in [5, 5.41) is 9.13. The Labute approximate surface area is 198 Å². The van der Waals surface area contributed by atoms with E-state index in [1.54, 1.807) is 19.2 Å². The van der Waals surface area contributed by atoms with Crippen molar-refractivity contribution in [2.45, 2.75) is 24.4 Å². The highest BCUT2D eigenvalue weighted by Crippen LogP contribution is 2.57. The molecule has 0 saturated heterocycles. The number of hydrogen-bond acceptors (Lipinski definition) is 5. The van der Waals surface area contributed by atoms with Crippen molar-refractivity contribution in [3.8, 4) is 11.1 Å². The maximum Gasteiger partial charge on any atom is 0.416 e. The molecule has 1 aliphatic carbocycles. The Kier molecular flexibility index (Phi) is 5.51. The van der Waals surface area contributed by atoms with Crippen LogP contribution in [0.3, 0.4) is 0 Å². The van der Waals surface area contributed by atoms with Crippen molar-refractivity contribution in [2.75, 3.05) is 31.6 Å². The average Bonchev–Trinajstić information content (AvgIpc) is 3.54. The number of rotatable bonds is 5. The molecule has 1 aliphatic heterocycles. The lowest BCUT2D eigenvalue weighted by atomic mass is 9.97. The molecule has 35 heavy (non-hydrogen) atoms. The Bertz CT molecular complexity index is 1290. The van der Waals surface area contributed by atoms with Crippen molar-refractivity contribution in [2.24, 2.45) is 0 Å². The lowest BCUT2D eigenvalue weighted by Crippen LogP contribution is -2.29. The Morgan fingerprint density at radius 2 is 1.86 bits per heavy atom. The van der Waals surface area contributed by atoms with Crippen LogP contribution in [-0.2, 0) is 11.6 Å². The summed E-state index contributed by atoms with van der Waals surface area (Å²) in [5.74, 6) is -0.706. The molecule has 1 spiro atoms. The second-order valence-electron chi connectivity index (χ2n) is 9.01. The summed E-state index contributed by atoms with van der Waals surface area (Å²) in [6, 6.07) is 7.72. The summed E-state index contributed by atoms with van der Waals surface area (Å²) in [7, 11) is 1.61. The number of halogens is 4. The normalized spacial score (nSPS) is 15.9. The number of aliphatic hydroxyl groups excluding tert-OH is 1. The lowest BCUT2D eigenvalue weighted by molar-refractivity contribution is -0.137. The monoisotopic (exact) mass is 486 g/mol. The Morgan fingerprint density at radius 1 is 1.14 bits per heavy atom. The van der Waals surface area contributed by atoms with Gasteiger partial charge >= 0.3 is 6.18 Å². The number of fused-ring (bicyclic) bond motifs is 2. The zero-order valence-corrected chi connectivity index (χ0v) is 18.8. The topological polar surface area (TPSA) is 69.6 Å². The van der Waals surface area contributed by atoms with Gasteiger partial charge in [0.25, 0.3) is 5.91 Å². The van der Waals surface area contributed by atoms with Crippen LogP contribution in [0.1, 0.15) is 34.3 Å². The minimum atomic E-state index is -4.60. The molecule has 6 nitrogen and oxygen atoms in total. The Balaban J connectivity index is 1.48. The van der Waals surface area contributed by atoms with Gasteiger partial charge in [-0.25, -0.2) is 14.4 Å². The van der Waals surface area contributed by atoms with E-state index in [0.29, 0.717) is 24.1 Å². The number of alkyl halides is 3. The zero-order chi connectivity index (χ0) is 25.0. The van der Waals surface area contributed by atoms with E-state index in [1.165, 1.54) is 17.3 Å². The van der Waals surface area contributed by atoms with Gasteiger partial charge in [-0.1, -0.05) is 6.07 Å². The van der Waals surface area contributed by atoms with Crippen LogP contribution in [0.15, 0.2) is 48.8 Å². The molecule has 2 heterocycles. The largest absolute Gasteiger partial charge is 0.416 e. The van der Waals surface area contributed by atoms with Crippen molar-refractivity contribution < 1.29 is 27.5 Å². The predicted molar refractivity (Wildman–Crippen MR) is 121 cm³/mol. The number of hydrogen-bond donors (Lipinski definition) is 1. The first kappa shape index (κ1) is 23.2. The highest BCUT2D eigenvalue weighted by Gasteiger charge is 2.52. The van der Waals surface area contributed by atoms with E-state index in [4.69, 9.17) is 5.11 Å². The minimum Gasteiger partial charge on any atom is -0.395 e. The van der Waals surface area contributed by atoms with E-state index in [9.17, 15) is 22.4 Å². The number of nitrogens with zero attached hydrogens (tertiary/aromatic N) is 4. The van der Waals surface area contributed by atoms with Gasteiger partial charge < -0.3 is 14.9 Å². The SMILES string of the molecule is CN(CCO)C(=O)c1ccc2c(c1)N(c1ncc(-c3cc(C(F)(F)F)ccc3F)cn1)CC21CC1. The first-order chi connectivity index (χ1) is 16.6. The molecule has 182 valence electrons. The number of aromatic nitrogens is 2. The highest BCUT2D eigenvalue weighted by atomic mass is 19.4. The maximum atomic E-state index is 14.3. The number of likely N-dealkylation sites (N-methyl/N-ethyl adjacent to an activating group) is 1. The Hall–Kier alpha value is -3.53. The van der Waals surface area contributed by atoms with Crippen LogP contribution in [0.4, 0.5) is 29.2 Å². The summed E-state index contributed by atoms with van der Waals surface area (Å²) in [6.07, 6.45) is -0.00402. The summed E-state index contributed by atoms with van der Waals surface area (Å²) >= 11 is 0. The van der Waals surface area contributed by atoms with Crippen molar-refractivity contribution in [1.29, 1.82) is 0 Å². The van der Waals surface area contributed by atoms with Gasteiger partial charge in [-0.05, 0) is 48.7 Å². The van der Waals surface area contributed by atoms with Crippen LogP contribution in [0.25, 0.3) is 11.1 Å². The molecule has 0 unspecified atom stereocenters. The molecule has 0 radical (unpaired) electrons. The van der Waals surface area contributed by atoms with Gasteiger partial charge in [0.1, 0.15) is 5.82 Å². The lowest BCUT2D eigenvalue weighted by Gasteiger charge is -2.20. The third-order valence-electron chi connectivity index (χ3n) is 6.69. The fraction of sp³-hybridized carbons (Fsp3) is 0.320. The van der Waals surface area contributed by atoms with Gasteiger partial charge in [-0.15, -0.1) is 0 Å². The number of carbonyl (C=O) groups is 1. The second-order valence-corrected chi connectivity index (χ2v) is 9.01. The summed E-state index contributed by atoms with van der Waals surface area (Å²) in [5.41, 5.74) is 1.26. The maximum absolute atomic E-state index is 14.3. The van der Waals surface area contributed by atoms with E-state index >= 15 is 0 Å². The molecule has 0 atom stereocenters. The van der Waals surface area contributed by atoms with Crippen LogP contribution in [0, 0.1) is 5.82 Å². The number of carbonyl (C=O) groups excluding carboxylic acids is 1. The van der Waals surface area contributed by atoms with Crippen molar-refractivity contribution >= 4 is 17.5 Å². The van der Waals surface area contributed by atoms with Crippen molar-refractivity contribution in [1.82, 2.24) is 14.9 Å². The molecule has 2 aliphatic rings. The highest BCUT2D eigenvalue weighted by molar-refractivity contribution is 5.96. The molecule has 3 aromatic rings. The van der Waals surface area contributed by atoms with E-state index < -0.39 is 17.6 Å². The molecular weight excluding hydrogens is 464 g/mol. The van der Waals surface area contributed by atoms with Gasteiger partial charge in [0, 0.05) is 60.3 Å². The zero-order valence-electron chi connectivity index (χ0n) is 18.8. The summed E-state index contributed by atoms with van der Waals surface area (Å²) < 4.78 is 53.6. The van der Waals surface area contributed by atoms with Crippen LogP contribution >= 0.6 is 0 Å². The molecule has 0 bridgehead atoms. The van der Waals surface area contributed by atoms with Crippen molar-refractivity contribution in [3.05, 3.63) is 71.3 Å². The number of aliphatic hydroxyl groups is 1. The molecule has 2 aromatic carbocycles. The van der Waals surface area contributed by atoms with Crippen LogP contribution < -0.4 is 4.90 Å². The molecule has 10 heteroatoms. The van der Waals surface area contributed by atoms with E-state index in [2.05, 4.69) is 9.97 Å². The first-order valence-corrected chi connectivity index (χ1v) is 11.1. The van der Waals surface area contributed by atoms with Crippen LogP contribution in [-0.4, -0.2) is 52.6 Å². The third-order valence-corrected chi connectivity index (χ3v) is 6.69. The fourth-order valence-corrected chi connectivity index (χ4v) is 4.56. The Morgan fingerprint density at radius 3 is 2.49 bits per heavy atom. The smallest absolute Gasteiger partial charge is 0.395 e. The second kappa shape index (κ2) is 8.30. The summed E-state index contributed by atoms with van der Waals surface area (Å²) in [6.45, 7) is 0.680. The van der Waals surface area contributed by atoms with Gasteiger partial charge in [-0.2, -0.15) is 13.2 Å². The number of amides is 1. The number of anilines is 2. The number of benzene rings is 2. The van der Waals surface area contributed by atoms with Gasteiger partial charge in [0.05, 0.1) is 12.2 Å². The van der Waals surface area contributed by atoms with Gasteiger partial charge in [-0.3, -0.25) is 4.79 Å². The fourth-order valence-electron chi connectivity index (χ4n) is 4.56. The van der Waals surface area contributed by atoms with Crippen LogP contribution in [0.5, 0.6) is 0 Å². The van der Waals surface area contributed by atoms with E-state index in [1.807, 2.05) is 11.0 Å². The molecule has 1 saturated carbocycles. The van der Waals surface area contributed by atoms with Crippen molar-refractivity contribution in [3.63, 3.8) is 0 Å². The average molecular weight is 486 g/mol. The predicted octanol–water partition coefficient (Wildman–Crippen LogP) is 4.55. The standard InChI is InChI=1S/C25H22F4N4O2/c1-32(8-9-34)22(35)15-2-4-19-21(10-15)33(14-24(19)6-7-24)23-30-12-16(13-31-23)18-11-17(25(27,28)29)3-5-20(18)26/h2-5,10-13,34H,6-9,14H2,1H3. The van der Waals surface area contributed by atoms with E-state index in [0.717, 1.165) is 36.2 Å². The van der Waals surface area contributed by atoms with Gasteiger partial charge in [0.15, 0.2) is 0 Å². The summed E-state index contributed by atoms with van der Waals surface area (Å²) in [4.78, 5) is 24.7.